The topological polar surface area (TPSA) is 68.5 Å². The van der Waals surface area contributed by atoms with E-state index < -0.39 is 0 Å². The molecular weight excluding hydrogens is 282 g/mol. The predicted molar refractivity (Wildman–Crippen MR) is 79.5 cm³/mol. The fourth-order valence-corrected chi connectivity index (χ4v) is 2.61. The maximum atomic E-state index is 12.2. The number of carbonyl (C=O) groups excluding carboxylic acids is 1. The number of carbonyl (C=O) groups is 1. The van der Waals surface area contributed by atoms with Gasteiger partial charge in [0.2, 0.25) is 11.8 Å². The van der Waals surface area contributed by atoms with Gasteiger partial charge in [-0.3, -0.25) is 4.79 Å². The van der Waals surface area contributed by atoms with Crippen molar-refractivity contribution in [1.29, 1.82) is 0 Å². The van der Waals surface area contributed by atoms with Crippen LogP contribution in [0.5, 0.6) is 5.75 Å². The maximum Gasteiger partial charge on any atom is 0.260 e. The Morgan fingerprint density at radius 1 is 1.27 bits per heavy atom. The number of hydrogen-bond acceptors (Lipinski definition) is 5. The number of para-hydroxylation sites is 1. The number of hydrogen-bond donors (Lipinski definition) is 0. The van der Waals surface area contributed by atoms with Gasteiger partial charge >= 0.3 is 0 Å². The Morgan fingerprint density at radius 3 is 2.64 bits per heavy atom. The first kappa shape index (κ1) is 14.6. The van der Waals surface area contributed by atoms with E-state index in [1.165, 1.54) is 0 Å². The van der Waals surface area contributed by atoms with Gasteiger partial charge in [-0.2, -0.15) is 0 Å². The first-order chi connectivity index (χ1) is 10.7. The molecule has 1 aliphatic rings. The molecule has 2 heterocycles. The molecule has 2 aromatic rings. The average Bonchev–Trinajstić information content (AvgIpc) is 3.00. The monoisotopic (exact) mass is 301 g/mol. The van der Waals surface area contributed by atoms with Crippen LogP contribution in [-0.2, 0) is 4.79 Å². The van der Waals surface area contributed by atoms with Gasteiger partial charge in [-0.1, -0.05) is 18.2 Å². The molecule has 0 bridgehead atoms. The smallest absolute Gasteiger partial charge is 0.260 e. The van der Waals surface area contributed by atoms with Crippen LogP contribution in [0.1, 0.15) is 30.5 Å². The summed E-state index contributed by atoms with van der Waals surface area (Å²) < 4.78 is 11.0. The van der Waals surface area contributed by atoms with E-state index in [4.69, 9.17) is 9.15 Å². The van der Waals surface area contributed by atoms with Crippen molar-refractivity contribution in [3.05, 3.63) is 42.1 Å². The second kappa shape index (κ2) is 6.60. The highest BCUT2D eigenvalue weighted by atomic mass is 16.5. The number of aromatic nitrogens is 2. The zero-order chi connectivity index (χ0) is 15.4. The lowest BCUT2D eigenvalue weighted by Crippen LogP contribution is -2.40. The summed E-state index contributed by atoms with van der Waals surface area (Å²) >= 11 is 0. The summed E-state index contributed by atoms with van der Waals surface area (Å²) in [4.78, 5) is 14.0. The van der Waals surface area contributed by atoms with Crippen LogP contribution in [0.15, 0.2) is 34.7 Å². The Bertz CT molecular complexity index is 619. The van der Waals surface area contributed by atoms with Gasteiger partial charge in [-0.25, -0.2) is 0 Å². The first-order valence-electron chi connectivity index (χ1n) is 7.48. The summed E-state index contributed by atoms with van der Waals surface area (Å²) in [5.74, 6) is 2.26. The lowest BCUT2D eigenvalue weighted by Gasteiger charge is -2.30. The highest BCUT2D eigenvalue weighted by Gasteiger charge is 2.27. The molecule has 0 N–H and O–H groups in total. The largest absolute Gasteiger partial charge is 0.484 e. The molecule has 0 saturated carbocycles. The van der Waals surface area contributed by atoms with E-state index in [9.17, 15) is 4.79 Å². The van der Waals surface area contributed by atoms with Crippen LogP contribution in [0, 0.1) is 6.92 Å². The van der Waals surface area contributed by atoms with E-state index in [0.29, 0.717) is 30.6 Å². The summed E-state index contributed by atoms with van der Waals surface area (Å²) in [6.07, 6.45) is 1.69. The minimum Gasteiger partial charge on any atom is -0.484 e. The molecule has 6 heteroatoms. The molecule has 1 amide bonds. The van der Waals surface area contributed by atoms with E-state index in [1.807, 2.05) is 35.2 Å². The minimum absolute atomic E-state index is 0.0176. The summed E-state index contributed by atoms with van der Waals surface area (Å²) in [5.41, 5.74) is 0. The maximum absolute atomic E-state index is 12.2. The molecule has 0 unspecified atom stereocenters. The van der Waals surface area contributed by atoms with Crippen molar-refractivity contribution in [2.45, 2.75) is 25.7 Å². The van der Waals surface area contributed by atoms with Gasteiger partial charge in [0.15, 0.2) is 6.61 Å². The molecule has 3 rings (SSSR count). The summed E-state index contributed by atoms with van der Waals surface area (Å²) in [6, 6.07) is 9.38. The van der Waals surface area contributed by atoms with Gasteiger partial charge in [0.05, 0.1) is 0 Å². The molecule has 1 saturated heterocycles. The van der Waals surface area contributed by atoms with Crippen molar-refractivity contribution in [3.63, 3.8) is 0 Å². The first-order valence-corrected chi connectivity index (χ1v) is 7.48. The van der Waals surface area contributed by atoms with Crippen LogP contribution in [0.4, 0.5) is 0 Å². The Balaban J connectivity index is 1.47. The fraction of sp³-hybridized carbons (Fsp3) is 0.438. The predicted octanol–water partition coefficient (Wildman–Crippen LogP) is 2.16. The number of benzene rings is 1. The van der Waals surface area contributed by atoms with Gasteiger partial charge in [0.1, 0.15) is 5.75 Å². The molecular formula is C16H19N3O3. The van der Waals surface area contributed by atoms with Crippen molar-refractivity contribution in [2.75, 3.05) is 19.7 Å². The summed E-state index contributed by atoms with van der Waals surface area (Å²) in [5, 5.41) is 7.93. The van der Waals surface area contributed by atoms with Gasteiger partial charge in [0.25, 0.3) is 5.91 Å². The van der Waals surface area contributed by atoms with Crippen LogP contribution < -0.4 is 4.74 Å². The standard InChI is InChI=1S/C16H19N3O3/c1-12-17-18-16(22-12)13-7-9-19(10-8-13)15(20)11-21-14-5-3-2-4-6-14/h2-6,13H,7-11H2,1H3. The third-order valence-electron chi connectivity index (χ3n) is 3.84. The van der Waals surface area contributed by atoms with Crippen molar-refractivity contribution >= 4 is 5.91 Å². The van der Waals surface area contributed by atoms with Crippen molar-refractivity contribution in [3.8, 4) is 5.75 Å². The van der Waals surface area contributed by atoms with E-state index in [0.717, 1.165) is 12.8 Å². The van der Waals surface area contributed by atoms with Crippen LogP contribution >= 0.6 is 0 Å². The number of amides is 1. The molecule has 0 radical (unpaired) electrons. The summed E-state index contributed by atoms with van der Waals surface area (Å²) in [7, 11) is 0. The average molecular weight is 301 g/mol. The second-order valence-corrected chi connectivity index (χ2v) is 5.42. The highest BCUT2D eigenvalue weighted by molar-refractivity contribution is 5.77. The lowest BCUT2D eigenvalue weighted by atomic mass is 9.97. The van der Waals surface area contributed by atoms with Crippen LogP contribution in [0.3, 0.4) is 0 Å². The number of aryl methyl sites for hydroxylation is 1. The SMILES string of the molecule is Cc1nnc(C2CCN(C(=O)COc3ccccc3)CC2)o1. The Labute approximate surface area is 129 Å². The van der Waals surface area contributed by atoms with E-state index in [1.54, 1.807) is 6.92 Å². The number of rotatable bonds is 4. The molecule has 116 valence electrons. The van der Waals surface area contributed by atoms with Gasteiger partial charge in [0, 0.05) is 25.9 Å². The Hall–Kier alpha value is -2.37. The minimum atomic E-state index is 0.0176. The number of piperidine rings is 1. The molecule has 1 fully saturated rings. The van der Waals surface area contributed by atoms with Crippen LogP contribution in [0.25, 0.3) is 0 Å². The van der Waals surface area contributed by atoms with Crippen LogP contribution in [0.2, 0.25) is 0 Å². The van der Waals surface area contributed by atoms with Crippen molar-refractivity contribution in [2.24, 2.45) is 0 Å². The lowest BCUT2D eigenvalue weighted by molar-refractivity contribution is -0.134. The van der Waals surface area contributed by atoms with Crippen molar-refractivity contribution < 1.29 is 13.9 Å². The highest BCUT2D eigenvalue weighted by Crippen LogP contribution is 2.27. The molecule has 1 aromatic heterocycles. The van der Waals surface area contributed by atoms with E-state index >= 15 is 0 Å². The van der Waals surface area contributed by atoms with Crippen LogP contribution in [-0.4, -0.2) is 40.7 Å². The third kappa shape index (κ3) is 3.44. The molecule has 1 aliphatic heterocycles. The zero-order valence-electron chi connectivity index (χ0n) is 12.6. The third-order valence-corrected chi connectivity index (χ3v) is 3.84. The molecule has 0 atom stereocenters. The number of likely N-dealkylation sites (tertiary alicyclic amines) is 1. The molecule has 22 heavy (non-hydrogen) atoms. The van der Waals surface area contributed by atoms with Gasteiger partial charge in [-0.15, -0.1) is 10.2 Å². The number of ether oxygens (including phenoxy) is 1. The fourth-order valence-electron chi connectivity index (χ4n) is 2.61. The van der Waals surface area contributed by atoms with Gasteiger partial charge in [-0.05, 0) is 25.0 Å². The second-order valence-electron chi connectivity index (χ2n) is 5.42. The Kier molecular flexibility index (Phi) is 4.37. The van der Waals surface area contributed by atoms with Crippen molar-refractivity contribution in [1.82, 2.24) is 15.1 Å². The molecule has 1 aromatic carbocycles. The summed E-state index contributed by atoms with van der Waals surface area (Å²) in [6.45, 7) is 3.26. The molecule has 6 nitrogen and oxygen atoms in total. The Morgan fingerprint density at radius 2 is 2.00 bits per heavy atom. The number of nitrogens with zero attached hydrogens (tertiary/aromatic N) is 3. The molecule has 0 aliphatic carbocycles. The van der Waals surface area contributed by atoms with Gasteiger partial charge < -0.3 is 14.1 Å². The quantitative estimate of drug-likeness (QED) is 0.865. The van der Waals surface area contributed by atoms with E-state index in [-0.39, 0.29) is 18.4 Å². The molecule has 0 spiro atoms. The normalized spacial score (nSPS) is 15.8. The zero-order valence-corrected chi connectivity index (χ0v) is 12.6. The van der Waals surface area contributed by atoms with E-state index in [2.05, 4.69) is 10.2 Å².